The molecule has 0 aromatic heterocycles. The first-order valence-corrected chi connectivity index (χ1v) is 4.79. The summed E-state index contributed by atoms with van der Waals surface area (Å²) in [6.45, 7) is 2.26. The Hall–Kier alpha value is -1.84. The number of carbonyl (C=O) groups excluding carboxylic acids is 1. The fraction of sp³-hybridized carbons (Fsp3) is 0.273. The molecule has 1 rings (SSSR count). The van der Waals surface area contributed by atoms with E-state index < -0.39 is 0 Å². The van der Waals surface area contributed by atoms with Gasteiger partial charge in [-0.15, -0.1) is 0 Å². The van der Waals surface area contributed by atoms with Gasteiger partial charge in [-0.2, -0.15) is 5.10 Å². The van der Waals surface area contributed by atoms with Gasteiger partial charge in [0.2, 0.25) is 0 Å². The van der Waals surface area contributed by atoms with Gasteiger partial charge >= 0.3 is 5.97 Å². The van der Waals surface area contributed by atoms with E-state index in [2.05, 4.69) is 10.5 Å². The van der Waals surface area contributed by atoms with E-state index in [9.17, 15) is 4.79 Å². The molecule has 80 valence electrons. The zero-order chi connectivity index (χ0) is 10.9. The lowest BCUT2D eigenvalue weighted by Crippen LogP contribution is -2.20. The predicted molar refractivity (Wildman–Crippen MR) is 58.7 cm³/mol. The molecule has 0 saturated carbocycles. The summed E-state index contributed by atoms with van der Waals surface area (Å²) in [7, 11) is 0. The summed E-state index contributed by atoms with van der Waals surface area (Å²) in [5.41, 5.74) is 3.59. The van der Waals surface area contributed by atoms with Gasteiger partial charge in [0.25, 0.3) is 0 Å². The van der Waals surface area contributed by atoms with Gasteiger partial charge in [-0.05, 0) is 12.5 Å². The second-order valence-electron chi connectivity index (χ2n) is 2.81. The third-order valence-corrected chi connectivity index (χ3v) is 1.63. The van der Waals surface area contributed by atoms with Gasteiger partial charge < -0.3 is 4.74 Å². The van der Waals surface area contributed by atoms with Gasteiger partial charge in [0.15, 0.2) is 0 Å². The third kappa shape index (κ3) is 4.81. The first kappa shape index (κ1) is 11.2. The maximum absolute atomic E-state index is 10.9. The van der Waals surface area contributed by atoms with Crippen molar-refractivity contribution in [3.05, 3.63) is 35.9 Å². The van der Waals surface area contributed by atoms with Crippen LogP contribution >= 0.6 is 0 Å². The van der Waals surface area contributed by atoms with Crippen molar-refractivity contribution >= 4 is 12.2 Å². The Morgan fingerprint density at radius 1 is 1.47 bits per heavy atom. The summed E-state index contributed by atoms with van der Waals surface area (Å²) in [5.74, 6) is -0.303. The Morgan fingerprint density at radius 2 is 2.20 bits per heavy atom. The minimum atomic E-state index is -0.303. The van der Waals surface area contributed by atoms with E-state index in [0.717, 1.165) is 5.56 Å². The lowest BCUT2D eigenvalue weighted by Gasteiger charge is -2.00. The number of carbonyl (C=O) groups is 1. The lowest BCUT2D eigenvalue weighted by molar-refractivity contribution is -0.141. The van der Waals surface area contributed by atoms with Crippen LogP contribution in [0.3, 0.4) is 0 Å². The summed E-state index contributed by atoms with van der Waals surface area (Å²) < 4.78 is 4.72. The molecule has 15 heavy (non-hydrogen) atoms. The molecule has 0 saturated heterocycles. The van der Waals surface area contributed by atoms with Crippen LogP contribution < -0.4 is 5.43 Å². The van der Waals surface area contributed by atoms with Crippen molar-refractivity contribution in [2.75, 3.05) is 13.2 Å². The average molecular weight is 206 g/mol. The maximum Gasteiger partial charge on any atom is 0.327 e. The highest BCUT2D eigenvalue weighted by Crippen LogP contribution is 1.92. The zero-order valence-electron chi connectivity index (χ0n) is 8.64. The highest BCUT2D eigenvalue weighted by atomic mass is 16.5. The molecule has 1 aromatic carbocycles. The first-order chi connectivity index (χ1) is 7.33. The number of hydrogen-bond donors (Lipinski definition) is 1. The van der Waals surface area contributed by atoms with Gasteiger partial charge in [0.05, 0.1) is 12.8 Å². The van der Waals surface area contributed by atoms with Crippen molar-refractivity contribution in [3.63, 3.8) is 0 Å². The molecule has 4 nitrogen and oxygen atoms in total. The van der Waals surface area contributed by atoms with E-state index in [-0.39, 0.29) is 12.5 Å². The molecule has 4 heteroatoms. The van der Waals surface area contributed by atoms with Gasteiger partial charge in [-0.1, -0.05) is 30.3 Å². The molecule has 0 fully saturated rings. The van der Waals surface area contributed by atoms with Crippen molar-refractivity contribution in [1.29, 1.82) is 0 Å². The van der Waals surface area contributed by atoms with Crippen LogP contribution in [0.4, 0.5) is 0 Å². The van der Waals surface area contributed by atoms with E-state index in [4.69, 9.17) is 4.74 Å². The maximum atomic E-state index is 10.9. The fourth-order valence-electron chi connectivity index (χ4n) is 0.981. The zero-order valence-corrected chi connectivity index (χ0v) is 8.64. The molecule has 0 aliphatic rings. The van der Waals surface area contributed by atoms with Crippen LogP contribution in [0.5, 0.6) is 0 Å². The molecular weight excluding hydrogens is 192 g/mol. The van der Waals surface area contributed by atoms with Gasteiger partial charge in [-0.3, -0.25) is 10.2 Å². The van der Waals surface area contributed by atoms with Crippen LogP contribution in [0, 0.1) is 0 Å². The standard InChI is InChI=1S/C11H14N2O2/c1-2-15-11(14)9-13-12-8-10-6-4-3-5-7-10/h3-8,13H,2,9H2,1H3. The quantitative estimate of drug-likeness (QED) is 0.447. The Balaban J connectivity index is 2.26. The third-order valence-electron chi connectivity index (χ3n) is 1.63. The van der Waals surface area contributed by atoms with Crippen molar-refractivity contribution in [1.82, 2.24) is 5.43 Å². The number of hydrazone groups is 1. The molecule has 0 amide bonds. The molecule has 1 N–H and O–H groups in total. The van der Waals surface area contributed by atoms with Gasteiger partial charge in [0, 0.05) is 0 Å². The van der Waals surface area contributed by atoms with Crippen molar-refractivity contribution in [3.8, 4) is 0 Å². The minimum absolute atomic E-state index is 0.0944. The molecule has 0 aliphatic heterocycles. The Labute approximate surface area is 88.9 Å². The van der Waals surface area contributed by atoms with Crippen molar-refractivity contribution < 1.29 is 9.53 Å². The molecule has 0 radical (unpaired) electrons. The molecule has 0 bridgehead atoms. The van der Waals surface area contributed by atoms with Crippen molar-refractivity contribution in [2.24, 2.45) is 5.10 Å². The second kappa shape index (κ2) is 6.59. The molecule has 0 unspecified atom stereocenters. The number of esters is 1. The molecule has 1 aromatic rings. The van der Waals surface area contributed by atoms with E-state index >= 15 is 0 Å². The van der Waals surface area contributed by atoms with Crippen molar-refractivity contribution in [2.45, 2.75) is 6.92 Å². The molecular formula is C11H14N2O2. The van der Waals surface area contributed by atoms with Gasteiger partial charge in [-0.25, -0.2) is 0 Å². The van der Waals surface area contributed by atoms with Crippen LogP contribution in [-0.4, -0.2) is 25.3 Å². The van der Waals surface area contributed by atoms with Gasteiger partial charge in [0.1, 0.15) is 6.54 Å². The molecule has 0 heterocycles. The number of nitrogens with one attached hydrogen (secondary N) is 1. The second-order valence-corrected chi connectivity index (χ2v) is 2.81. The smallest absolute Gasteiger partial charge is 0.327 e. The largest absolute Gasteiger partial charge is 0.465 e. The van der Waals surface area contributed by atoms with E-state index in [1.165, 1.54) is 0 Å². The van der Waals surface area contributed by atoms with Crippen LogP contribution in [0.1, 0.15) is 12.5 Å². The first-order valence-electron chi connectivity index (χ1n) is 4.79. The Morgan fingerprint density at radius 3 is 2.87 bits per heavy atom. The fourth-order valence-corrected chi connectivity index (χ4v) is 0.981. The lowest BCUT2D eigenvalue weighted by atomic mass is 10.2. The highest BCUT2D eigenvalue weighted by Gasteiger charge is 1.97. The number of benzene rings is 1. The van der Waals surface area contributed by atoms with E-state index in [1.807, 2.05) is 30.3 Å². The molecule has 0 atom stereocenters. The Bertz CT molecular complexity index is 323. The highest BCUT2D eigenvalue weighted by molar-refractivity contribution is 5.79. The molecule has 0 aliphatic carbocycles. The van der Waals surface area contributed by atoms with Crippen LogP contribution in [0.2, 0.25) is 0 Å². The normalized spacial score (nSPS) is 10.2. The summed E-state index contributed by atoms with van der Waals surface area (Å²) in [6, 6.07) is 9.63. The predicted octanol–water partition coefficient (Wildman–Crippen LogP) is 1.17. The molecule has 0 spiro atoms. The summed E-state index contributed by atoms with van der Waals surface area (Å²) >= 11 is 0. The topological polar surface area (TPSA) is 50.7 Å². The number of ether oxygens (including phenoxy) is 1. The average Bonchev–Trinajstić information content (AvgIpc) is 2.26. The summed E-state index contributed by atoms with van der Waals surface area (Å²) in [6.07, 6.45) is 1.65. The number of hydrogen-bond acceptors (Lipinski definition) is 4. The minimum Gasteiger partial charge on any atom is -0.465 e. The monoisotopic (exact) mass is 206 g/mol. The van der Waals surface area contributed by atoms with Crippen LogP contribution in [-0.2, 0) is 9.53 Å². The summed E-state index contributed by atoms with van der Waals surface area (Å²) in [4.78, 5) is 10.9. The van der Waals surface area contributed by atoms with E-state index in [1.54, 1.807) is 13.1 Å². The van der Waals surface area contributed by atoms with Crippen LogP contribution in [0.15, 0.2) is 35.4 Å². The number of nitrogens with zero attached hydrogens (tertiary/aromatic N) is 1. The SMILES string of the molecule is CCOC(=O)CNN=Cc1ccccc1. The Kier molecular flexibility index (Phi) is 4.94. The number of rotatable bonds is 5. The van der Waals surface area contributed by atoms with E-state index in [0.29, 0.717) is 6.61 Å². The van der Waals surface area contributed by atoms with Crippen LogP contribution in [0.25, 0.3) is 0 Å². The summed E-state index contributed by atoms with van der Waals surface area (Å²) in [5, 5.41) is 3.89.